The number of piperidine rings is 1. The minimum Gasteiger partial charge on any atom is -0.482 e. The van der Waals surface area contributed by atoms with E-state index in [0.717, 1.165) is 25.9 Å². The number of amides is 2. The summed E-state index contributed by atoms with van der Waals surface area (Å²) < 4.78 is 5.46. The zero-order valence-electron chi connectivity index (χ0n) is 16.2. The van der Waals surface area contributed by atoms with Crippen LogP contribution in [-0.2, 0) is 9.59 Å². The molecule has 0 unspecified atom stereocenters. The molecule has 27 heavy (non-hydrogen) atoms. The number of Topliss-reactive ketones (excluding diaryl/α,β-unsaturated/α-hetero) is 1. The Morgan fingerprint density at radius 3 is 2.63 bits per heavy atom. The lowest BCUT2D eigenvalue weighted by Crippen LogP contribution is -2.46. The van der Waals surface area contributed by atoms with Gasteiger partial charge >= 0.3 is 0 Å². The van der Waals surface area contributed by atoms with Crippen molar-refractivity contribution < 1.29 is 19.1 Å². The molecule has 0 N–H and O–H groups in total. The van der Waals surface area contributed by atoms with Gasteiger partial charge in [0.1, 0.15) is 5.75 Å². The number of carbonyl (C=O) groups is 3. The Morgan fingerprint density at radius 1 is 1.26 bits per heavy atom. The number of likely N-dealkylation sites (tertiary alicyclic amines) is 1. The van der Waals surface area contributed by atoms with E-state index in [1.165, 1.54) is 6.92 Å². The highest BCUT2D eigenvalue weighted by atomic mass is 16.5. The van der Waals surface area contributed by atoms with Crippen LogP contribution in [-0.4, -0.2) is 73.8 Å². The van der Waals surface area contributed by atoms with Crippen LogP contribution >= 0.6 is 0 Å². The normalized spacial score (nSPS) is 18.0. The highest BCUT2D eigenvalue weighted by Crippen LogP contribution is 2.33. The molecule has 146 valence electrons. The van der Waals surface area contributed by atoms with Gasteiger partial charge in [-0.25, -0.2) is 0 Å². The van der Waals surface area contributed by atoms with Gasteiger partial charge in [0.25, 0.3) is 5.91 Å². The molecule has 0 aliphatic carbocycles. The first kappa shape index (κ1) is 19.4. The standard InChI is InChI=1S/C20H27N3O4/c1-14(24)15-4-5-18-17(12-15)23(20(26)13-27-18)11-8-19(25)22(3)16-6-9-21(2)10-7-16/h4-5,12,16H,6-11,13H2,1-3H3. The van der Waals surface area contributed by atoms with Crippen molar-refractivity contribution in [3.63, 3.8) is 0 Å². The van der Waals surface area contributed by atoms with E-state index in [2.05, 4.69) is 11.9 Å². The van der Waals surface area contributed by atoms with Crippen molar-refractivity contribution in [1.29, 1.82) is 0 Å². The summed E-state index contributed by atoms with van der Waals surface area (Å²) in [5, 5.41) is 0. The van der Waals surface area contributed by atoms with Gasteiger partial charge in [-0.3, -0.25) is 14.4 Å². The molecule has 1 aromatic carbocycles. The van der Waals surface area contributed by atoms with E-state index < -0.39 is 0 Å². The van der Waals surface area contributed by atoms with E-state index in [9.17, 15) is 14.4 Å². The summed E-state index contributed by atoms with van der Waals surface area (Å²) in [5.41, 5.74) is 1.08. The molecule has 2 heterocycles. The monoisotopic (exact) mass is 373 g/mol. The summed E-state index contributed by atoms with van der Waals surface area (Å²) >= 11 is 0. The molecule has 7 nitrogen and oxygen atoms in total. The Morgan fingerprint density at radius 2 is 1.96 bits per heavy atom. The highest BCUT2D eigenvalue weighted by molar-refractivity contribution is 6.01. The molecule has 2 aliphatic rings. The number of carbonyl (C=O) groups excluding carboxylic acids is 3. The van der Waals surface area contributed by atoms with Crippen molar-refractivity contribution in [2.24, 2.45) is 0 Å². The number of anilines is 1. The Labute approximate surface area is 159 Å². The predicted molar refractivity (Wildman–Crippen MR) is 102 cm³/mol. The van der Waals surface area contributed by atoms with Crippen LogP contribution in [0.15, 0.2) is 18.2 Å². The smallest absolute Gasteiger partial charge is 0.265 e. The molecule has 7 heteroatoms. The second kappa shape index (κ2) is 8.08. The fourth-order valence-corrected chi connectivity index (χ4v) is 3.64. The van der Waals surface area contributed by atoms with Gasteiger partial charge in [0.15, 0.2) is 12.4 Å². The van der Waals surface area contributed by atoms with Crippen LogP contribution in [0.1, 0.15) is 36.5 Å². The molecular formula is C20H27N3O4. The van der Waals surface area contributed by atoms with E-state index in [4.69, 9.17) is 4.74 Å². The van der Waals surface area contributed by atoms with Gasteiger partial charge in [-0.1, -0.05) is 0 Å². The molecule has 0 spiro atoms. The second-order valence-corrected chi connectivity index (χ2v) is 7.36. The zero-order valence-corrected chi connectivity index (χ0v) is 16.2. The summed E-state index contributed by atoms with van der Waals surface area (Å²) in [5.74, 6) is 0.329. The fraction of sp³-hybridized carbons (Fsp3) is 0.550. The number of rotatable bonds is 5. The van der Waals surface area contributed by atoms with E-state index in [1.807, 2.05) is 11.9 Å². The van der Waals surface area contributed by atoms with Gasteiger partial charge in [0.2, 0.25) is 5.91 Å². The molecule has 0 aromatic heterocycles. The maximum Gasteiger partial charge on any atom is 0.265 e. The van der Waals surface area contributed by atoms with Crippen LogP contribution in [0.3, 0.4) is 0 Å². The summed E-state index contributed by atoms with van der Waals surface area (Å²) in [7, 11) is 3.94. The molecule has 0 atom stereocenters. The third-order valence-corrected chi connectivity index (χ3v) is 5.49. The number of ether oxygens (including phenoxy) is 1. The number of hydrogen-bond donors (Lipinski definition) is 0. The average Bonchev–Trinajstić information content (AvgIpc) is 2.66. The SMILES string of the molecule is CC(=O)c1ccc2c(c1)N(CCC(=O)N(C)C1CCN(C)CC1)C(=O)CO2. The quantitative estimate of drug-likeness (QED) is 0.733. The summed E-state index contributed by atoms with van der Waals surface area (Å²) in [4.78, 5) is 42.3. The minimum absolute atomic E-state index is 0.0353. The van der Waals surface area contributed by atoms with Crippen LogP contribution in [0.2, 0.25) is 0 Å². The van der Waals surface area contributed by atoms with Gasteiger partial charge in [0, 0.05) is 31.6 Å². The van der Waals surface area contributed by atoms with Crippen molar-refractivity contribution in [3.8, 4) is 5.75 Å². The maximum absolute atomic E-state index is 12.6. The highest BCUT2D eigenvalue weighted by Gasteiger charge is 2.28. The minimum atomic E-state index is -0.196. The number of nitrogens with zero attached hydrogens (tertiary/aromatic N) is 3. The van der Waals surface area contributed by atoms with Crippen LogP contribution in [0.25, 0.3) is 0 Å². The lowest BCUT2D eigenvalue weighted by molar-refractivity contribution is -0.132. The molecule has 0 bridgehead atoms. The van der Waals surface area contributed by atoms with Gasteiger partial charge in [-0.15, -0.1) is 0 Å². The van der Waals surface area contributed by atoms with Gasteiger partial charge < -0.3 is 19.4 Å². The first-order valence-electron chi connectivity index (χ1n) is 9.39. The topological polar surface area (TPSA) is 70.2 Å². The molecular weight excluding hydrogens is 346 g/mol. The van der Waals surface area contributed by atoms with Gasteiger partial charge in [0.05, 0.1) is 5.69 Å². The molecule has 1 aromatic rings. The average molecular weight is 373 g/mol. The predicted octanol–water partition coefficient (Wildman–Crippen LogP) is 1.56. The third-order valence-electron chi connectivity index (χ3n) is 5.49. The molecule has 0 radical (unpaired) electrons. The van der Waals surface area contributed by atoms with Crippen LogP contribution < -0.4 is 9.64 Å². The van der Waals surface area contributed by atoms with E-state index >= 15 is 0 Å². The Kier molecular flexibility index (Phi) is 5.79. The summed E-state index contributed by atoms with van der Waals surface area (Å²) in [6.45, 7) is 3.70. The molecule has 2 aliphatic heterocycles. The van der Waals surface area contributed by atoms with Crippen LogP contribution in [0.5, 0.6) is 5.75 Å². The molecule has 1 saturated heterocycles. The summed E-state index contributed by atoms with van der Waals surface area (Å²) in [6, 6.07) is 5.32. The largest absolute Gasteiger partial charge is 0.482 e. The Hall–Kier alpha value is -2.41. The zero-order chi connectivity index (χ0) is 19.6. The molecule has 2 amide bonds. The van der Waals surface area contributed by atoms with Crippen molar-refractivity contribution in [1.82, 2.24) is 9.80 Å². The number of hydrogen-bond acceptors (Lipinski definition) is 5. The lowest BCUT2D eigenvalue weighted by atomic mass is 10.0. The molecule has 3 rings (SSSR count). The van der Waals surface area contributed by atoms with Crippen molar-refractivity contribution in [2.75, 3.05) is 45.2 Å². The second-order valence-electron chi connectivity index (χ2n) is 7.36. The van der Waals surface area contributed by atoms with Crippen LogP contribution in [0, 0.1) is 0 Å². The summed E-state index contributed by atoms with van der Waals surface area (Å²) in [6.07, 6.45) is 2.19. The van der Waals surface area contributed by atoms with Crippen LogP contribution in [0.4, 0.5) is 5.69 Å². The van der Waals surface area contributed by atoms with Gasteiger partial charge in [-0.05, 0) is 58.1 Å². The van der Waals surface area contributed by atoms with Gasteiger partial charge in [-0.2, -0.15) is 0 Å². The molecule has 0 saturated carbocycles. The first-order valence-corrected chi connectivity index (χ1v) is 9.39. The number of benzene rings is 1. The number of fused-ring (bicyclic) bond motifs is 1. The van der Waals surface area contributed by atoms with E-state index in [-0.39, 0.29) is 43.2 Å². The van der Waals surface area contributed by atoms with E-state index in [0.29, 0.717) is 17.0 Å². The van der Waals surface area contributed by atoms with Crippen molar-refractivity contribution in [2.45, 2.75) is 32.2 Å². The van der Waals surface area contributed by atoms with Crippen molar-refractivity contribution >= 4 is 23.3 Å². The molecule has 1 fully saturated rings. The number of ketones is 1. The third kappa shape index (κ3) is 4.30. The fourth-order valence-electron chi connectivity index (χ4n) is 3.64. The Bertz CT molecular complexity index is 741. The van der Waals surface area contributed by atoms with E-state index in [1.54, 1.807) is 23.1 Å². The maximum atomic E-state index is 12.6. The first-order chi connectivity index (χ1) is 12.9. The Balaban J connectivity index is 1.67. The lowest BCUT2D eigenvalue weighted by Gasteiger charge is -2.36. The van der Waals surface area contributed by atoms with Crippen molar-refractivity contribution in [3.05, 3.63) is 23.8 Å².